The maximum Gasteiger partial charge on any atom is 0.129 e. The molecule has 0 spiro atoms. The number of nitrogens with zero attached hydrogens (tertiary/aromatic N) is 3. The molecule has 1 fully saturated rings. The van der Waals surface area contributed by atoms with Crippen LogP contribution >= 0.6 is 0 Å². The minimum Gasteiger partial charge on any atom is -0.391 e. The van der Waals surface area contributed by atoms with Crippen LogP contribution in [0.25, 0.3) is 0 Å². The highest BCUT2D eigenvalue weighted by Gasteiger charge is 2.30. The van der Waals surface area contributed by atoms with E-state index in [0.717, 1.165) is 32.0 Å². The summed E-state index contributed by atoms with van der Waals surface area (Å²) in [6.45, 7) is 9.12. The van der Waals surface area contributed by atoms with E-state index in [1.54, 1.807) is 0 Å². The fourth-order valence-corrected chi connectivity index (χ4v) is 2.92. The molecule has 0 bridgehead atoms. The van der Waals surface area contributed by atoms with Gasteiger partial charge >= 0.3 is 0 Å². The van der Waals surface area contributed by atoms with Crippen molar-refractivity contribution in [2.45, 2.75) is 19.8 Å². The third-order valence-electron chi connectivity index (χ3n) is 3.97. The Morgan fingerprint density at radius 2 is 2.28 bits per heavy atom. The van der Waals surface area contributed by atoms with Crippen molar-refractivity contribution >= 4 is 5.84 Å². The van der Waals surface area contributed by atoms with Crippen LogP contribution in [-0.4, -0.2) is 49.5 Å². The SMILES string of the molecule is C=CN1CCN(C(=NC)C2=C(NC)CCC2C)C1. The monoisotopic (exact) mass is 248 g/mol. The van der Waals surface area contributed by atoms with Gasteiger partial charge in [-0.05, 0) is 25.0 Å². The second-order valence-corrected chi connectivity index (χ2v) is 5.03. The molecule has 1 saturated heterocycles. The lowest BCUT2D eigenvalue weighted by molar-refractivity contribution is 0.392. The number of allylic oxidation sites excluding steroid dienone is 1. The Labute approximate surface area is 110 Å². The highest BCUT2D eigenvalue weighted by Crippen LogP contribution is 2.32. The lowest BCUT2D eigenvalue weighted by Crippen LogP contribution is -2.33. The lowest BCUT2D eigenvalue weighted by atomic mass is 10.0. The first-order chi connectivity index (χ1) is 8.71. The topological polar surface area (TPSA) is 30.9 Å². The number of aliphatic imine (C=N–C) groups is 1. The summed E-state index contributed by atoms with van der Waals surface area (Å²) in [4.78, 5) is 9.14. The van der Waals surface area contributed by atoms with Gasteiger partial charge in [0.1, 0.15) is 5.84 Å². The smallest absolute Gasteiger partial charge is 0.129 e. The third-order valence-corrected chi connectivity index (χ3v) is 3.97. The van der Waals surface area contributed by atoms with Crippen molar-refractivity contribution in [1.82, 2.24) is 15.1 Å². The molecule has 2 aliphatic rings. The van der Waals surface area contributed by atoms with E-state index in [9.17, 15) is 0 Å². The van der Waals surface area contributed by atoms with Gasteiger partial charge in [-0.1, -0.05) is 13.5 Å². The van der Waals surface area contributed by atoms with Gasteiger partial charge in [-0.3, -0.25) is 4.99 Å². The van der Waals surface area contributed by atoms with Crippen LogP contribution in [0.15, 0.2) is 29.0 Å². The van der Waals surface area contributed by atoms with Crippen LogP contribution in [-0.2, 0) is 0 Å². The second kappa shape index (κ2) is 5.46. The molecular formula is C14H24N4. The molecule has 1 aliphatic heterocycles. The number of rotatable bonds is 3. The van der Waals surface area contributed by atoms with Crippen molar-refractivity contribution in [3.8, 4) is 0 Å². The molecule has 1 heterocycles. The van der Waals surface area contributed by atoms with Gasteiger partial charge < -0.3 is 15.1 Å². The summed E-state index contributed by atoms with van der Waals surface area (Å²) in [6.07, 6.45) is 4.29. The molecule has 0 aromatic carbocycles. The summed E-state index contributed by atoms with van der Waals surface area (Å²) in [5.41, 5.74) is 2.77. The first-order valence-corrected chi connectivity index (χ1v) is 6.70. The molecule has 18 heavy (non-hydrogen) atoms. The molecule has 4 heteroatoms. The average molecular weight is 248 g/mol. The van der Waals surface area contributed by atoms with Crippen LogP contribution in [0, 0.1) is 5.92 Å². The summed E-state index contributed by atoms with van der Waals surface area (Å²) >= 11 is 0. The molecule has 1 N–H and O–H groups in total. The summed E-state index contributed by atoms with van der Waals surface area (Å²) in [7, 11) is 3.91. The predicted molar refractivity (Wildman–Crippen MR) is 76.3 cm³/mol. The van der Waals surface area contributed by atoms with Crippen LogP contribution in [0.4, 0.5) is 0 Å². The van der Waals surface area contributed by atoms with E-state index < -0.39 is 0 Å². The Bertz CT molecular complexity index is 383. The van der Waals surface area contributed by atoms with Crippen molar-refractivity contribution in [2.75, 3.05) is 33.9 Å². The summed E-state index contributed by atoms with van der Waals surface area (Å²) in [6, 6.07) is 0. The standard InChI is InChI=1S/C14H24N4/c1-5-17-8-9-18(10-17)14(16-4)13-11(2)6-7-12(13)15-3/h5,11,15H,1,6-10H2,2-4H3. The van der Waals surface area contributed by atoms with Gasteiger partial charge in [0.2, 0.25) is 0 Å². The van der Waals surface area contributed by atoms with Crippen molar-refractivity contribution in [1.29, 1.82) is 0 Å². The van der Waals surface area contributed by atoms with Crippen LogP contribution in [0.3, 0.4) is 0 Å². The van der Waals surface area contributed by atoms with E-state index in [2.05, 4.69) is 33.6 Å². The predicted octanol–water partition coefficient (Wildman–Crippen LogP) is 1.64. The number of nitrogens with one attached hydrogen (secondary N) is 1. The number of hydrogen-bond acceptors (Lipinski definition) is 3. The van der Waals surface area contributed by atoms with Gasteiger partial charge in [0.05, 0.1) is 6.67 Å². The molecule has 0 aromatic rings. The molecule has 2 rings (SSSR count). The van der Waals surface area contributed by atoms with Gasteiger partial charge in [-0.15, -0.1) is 0 Å². The number of hydrogen-bond donors (Lipinski definition) is 1. The van der Waals surface area contributed by atoms with Crippen LogP contribution in [0.5, 0.6) is 0 Å². The highest BCUT2D eigenvalue weighted by molar-refractivity contribution is 5.99. The summed E-state index contributed by atoms with van der Waals surface area (Å²) in [5.74, 6) is 1.76. The van der Waals surface area contributed by atoms with Gasteiger partial charge in [0.15, 0.2) is 0 Å². The Kier molecular flexibility index (Phi) is 3.94. The minimum absolute atomic E-state index is 0.601. The van der Waals surface area contributed by atoms with Crippen LogP contribution in [0.1, 0.15) is 19.8 Å². The molecule has 1 unspecified atom stereocenters. The molecule has 100 valence electrons. The molecule has 0 saturated carbocycles. The van der Waals surface area contributed by atoms with Gasteiger partial charge in [0, 0.05) is 38.5 Å². The molecule has 1 atom stereocenters. The summed E-state index contributed by atoms with van der Waals surface area (Å²) in [5, 5.41) is 3.35. The molecular weight excluding hydrogens is 224 g/mol. The van der Waals surface area contributed by atoms with E-state index in [1.165, 1.54) is 17.7 Å². The molecule has 4 nitrogen and oxygen atoms in total. The van der Waals surface area contributed by atoms with Crippen LogP contribution < -0.4 is 5.32 Å². The zero-order valence-corrected chi connectivity index (χ0v) is 11.7. The number of amidine groups is 1. The van der Waals surface area contributed by atoms with E-state index in [-0.39, 0.29) is 0 Å². The summed E-state index contributed by atoms with van der Waals surface area (Å²) < 4.78 is 0. The molecule has 0 aromatic heterocycles. The second-order valence-electron chi connectivity index (χ2n) is 5.03. The van der Waals surface area contributed by atoms with E-state index in [0.29, 0.717) is 5.92 Å². The maximum atomic E-state index is 4.55. The fourth-order valence-electron chi connectivity index (χ4n) is 2.92. The van der Waals surface area contributed by atoms with Crippen molar-refractivity contribution < 1.29 is 0 Å². The van der Waals surface area contributed by atoms with Gasteiger partial charge in [-0.2, -0.15) is 0 Å². The first kappa shape index (κ1) is 13.0. The van der Waals surface area contributed by atoms with Gasteiger partial charge in [-0.25, -0.2) is 0 Å². The third kappa shape index (κ3) is 2.24. The normalized spacial score (nSPS) is 25.1. The Hall–Kier alpha value is -1.45. The average Bonchev–Trinajstić information content (AvgIpc) is 2.99. The van der Waals surface area contributed by atoms with E-state index >= 15 is 0 Å². The van der Waals surface area contributed by atoms with E-state index in [4.69, 9.17) is 0 Å². The molecule has 0 amide bonds. The Morgan fingerprint density at radius 1 is 1.50 bits per heavy atom. The van der Waals surface area contributed by atoms with Gasteiger partial charge in [0.25, 0.3) is 0 Å². The first-order valence-electron chi connectivity index (χ1n) is 6.70. The lowest BCUT2D eigenvalue weighted by Gasteiger charge is -2.24. The minimum atomic E-state index is 0.601. The van der Waals surface area contributed by atoms with Crippen molar-refractivity contribution in [3.63, 3.8) is 0 Å². The molecule has 0 radical (unpaired) electrons. The highest BCUT2D eigenvalue weighted by atomic mass is 15.4. The quantitative estimate of drug-likeness (QED) is 0.608. The zero-order chi connectivity index (χ0) is 13.1. The van der Waals surface area contributed by atoms with Crippen LogP contribution in [0.2, 0.25) is 0 Å². The maximum absolute atomic E-state index is 4.55. The Balaban J connectivity index is 2.22. The van der Waals surface area contributed by atoms with E-state index in [1.807, 2.05) is 20.3 Å². The Morgan fingerprint density at radius 3 is 2.83 bits per heavy atom. The largest absolute Gasteiger partial charge is 0.391 e. The zero-order valence-electron chi connectivity index (χ0n) is 11.7. The van der Waals surface area contributed by atoms with Crippen molar-refractivity contribution in [3.05, 3.63) is 24.0 Å². The van der Waals surface area contributed by atoms with Crippen molar-refractivity contribution in [2.24, 2.45) is 10.9 Å². The molecule has 1 aliphatic carbocycles. The fraction of sp³-hybridized carbons (Fsp3) is 0.643.